The third-order valence-corrected chi connectivity index (χ3v) is 5.10. The van der Waals surface area contributed by atoms with Gasteiger partial charge < -0.3 is 9.64 Å². The second kappa shape index (κ2) is 7.03. The van der Waals surface area contributed by atoms with Crippen LogP contribution in [-0.2, 0) is 24.8 Å². The van der Waals surface area contributed by atoms with E-state index >= 15 is 0 Å². The van der Waals surface area contributed by atoms with Gasteiger partial charge in [-0.05, 0) is 50.5 Å². The molecule has 1 amide bonds. The molecule has 0 saturated heterocycles. The van der Waals surface area contributed by atoms with Gasteiger partial charge in [0, 0.05) is 31.1 Å². The summed E-state index contributed by atoms with van der Waals surface area (Å²) in [6, 6.07) is 13.7. The minimum absolute atomic E-state index is 0.102. The summed E-state index contributed by atoms with van der Waals surface area (Å²) < 4.78 is 6.89. The summed E-state index contributed by atoms with van der Waals surface area (Å²) in [5.41, 5.74) is 3.47. The van der Waals surface area contributed by atoms with E-state index in [4.69, 9.17) is 4.74 Å². The molecule has 0 atom stereocenters. The summed E-state index contributed by atoms with van der Waals surface area (Å²) in [4.78, 5) is 26.5. The average molecular weight is 391 g/mol. The number of carbonyl (C=O) groups excluding carboxylic acids is 1. The highest BCUT2D eigenvalue weighted by Crippen LogP contribution is 2.29. The molecule has 2 heterocycles. The van der Waals surface area contributed by atoms with Crippen LogP contribution < -0.4 is 5.56 Å². The van der Waals surface area contributed by atoms with Crippen LogP contribution in [0.1, 0.15) is 31.9 Å². The Morgan fingerprint density at radius 2 is 1.79 bits per heavy atom. The van der Waals surface area contributed by atoms with Gasteiger partial charge in [0.25, 0.3) is 5.56 Å². The summed E-state index contributed by atoms with van der Waals surface area (Å²) in [7, 11) is 1.68. The smallest absolute Gasteiger partial charge is 0.410 e. The van der Waals surface area contributed by atoms with Crippen molar-refractivity contribution in [3.8, 4) is 11.3 Å². The first-order valence-electron chi connectivity index (χ1n) is 9.79. The van der Waals surface area contributed by atoms with Crippen molar-refractivity contribution in [2.24, 2.45) is 7.05 Å². The Bertz CT molecular complexity index is 1160. The number of ether oxygens (including phenoxy) is 1. The molecule has 0 radical (unpaired) electrons. The molecule has 150 valence electrons. The van der Waals surface area contributed by atoms with E-state index in [-0.39, 0.29) is 11.7 Å². The first kappa shape index (κ1) is 19.2. The van der Waals surface area contributed by atoms with Gasteiger partial charge in [-0.1, -0.05) is 30.3 Å². The lowest BCUT2D eigenvalue weighted by molar-refractivity contribution is 0.0224. The maximum atomic E-state index is 12.4. The molecule has 6 heteroatoms. The number of hydrogen-bond acceptors (Lipinski definition) is 4. The van der Waals surface area contributed by atoms with Crippen LogP contribution in [0.4, 0.5) is 4.79 Å². The molecule has 1 aliphatic heterocycles. The molecule has 1 aliphatic rings. The first-order chi connectivity index (χ1) is 13.7. The van der Waals surface area contributed by atoms with Crippen molar-refractivity contribution < 1.29 is 9.53 Å². The Balaban J connectivity index is 1.68. The van der Waals surface area contributed by atoms with E-state index in [1.165, 1.54) is 10.2 Å². The van der Waals surface area contributed by atoms with E-state index < -0.39 is 5.60 Å². The predicted octanol–water partition coefficient (Wildman–Crippen LogP) is 3.89. The monoisotopic (exact) mass is 391 g/mol. The topological polar surface area (TPSA) is 64.4 Å². The predicted molar refractivity (Wildman–Crippen MR) is 113 cm³/mol. The van der Waals surface area contributed by atoms with Crippen molar-refractivity contribution in [1.29, 1.82) is 0 Å². The number of carbonyl (C=O) groups is 1. The maximum absolute atomic E-state index is 12.4. The molecular formula is C23H25N3O3. The summed E-state index contributed by atoms with van der Waals surface area (Å²) in [5, 5.41) is 6.03. The normalized spacial score (nSPS) is 14.0. The summed E-state index contributed by atoms with van der Waals surface area (Å²) >= 11 is 0. The number of amides is 1. The zero-order chi connectivity index (χ0) is 20.8. The quantitative estimate of drug-likeness (QED) is 0.631. The standard InChI is InChI=1S/C23H25N3O3/c1-23(2,3)29-22(28)26-12-11-15-13-16(9-10-17(15)14-26)20-18-7-5-6-8-19(18)21(27)25(4)24-20/h5-10,13H,11-12,14H2,1-4H3. The molecule has 4 rings (SSSR count). The van der Waals surface area contributed by atoms with Crippen molar-refractivity contribution >= 4 is 16.9 Å². The molecule has 3 aromatic rings. The van der Waals surface area contributed by atoms with Crippen LogP contribution in [0.2, 0.25) is 0 Å². The van der Waals surface area contributed by atoms with Gasteiger partial charge in [-0.2, -0.15) is 5.10 Å². The largest absolute Gasteiger partial charge is 0.444 e. The fourth-order valence-corrected chi connectivity index (χ4v) is 3.70. The first-order valence-corrected chi connectivity index (χ1v) is 9.79. The van der Waals surface area contributed by atoms with Crippen LogP contribution in [0.3, 0.4) is 0 Å². The Kier molecular flexibility index (Phi) is 4.65. The van der Waals surface area contributed by atoms with E-state index in [1.807, 2.05) is 57.2 Å². The lowest BCUT2D eigenvalue weighted by atomic mass is 9.95. The molecular weight excluding hydrogens is 366 g/mol. The zero-order valence-electron chi connectivity index (χ0n) is 17.2. The number of aromatic nitrogens is 2. The van der Waals surface area contributed by atoms with Crippen LogP contribution in [0.15, 0.2) is 47.3 Å². The van der Waals surface area contributed by atoms with Crippen LogP contribution >= 0.6 is 0 Å². The van der Waals surface area contributed by atoms with E-state index in [1.54, 1.807) is 11.9 Å². The Morgan fingerprint density at radius 1 is 1.07 bits per heavy atom. The fraction of sp³-hybridized carbons (Fsp3) is 0.348. The fourth-order valence-electron chi connectivity index (χ4n) is 3.70. The van der Waals surface area contributed by atoms with Crippen LogP contribution in [0.25, 0.3) is 22.0 Å². The number of rotatable bonds is 1. The molecule has 0 fully saturated rings. The highest BCUT2D eigenvalue weighted by atomic mass is 16.6. The van der Waals surface area contributed by atoms with Gasteiger partial charge in [-0.3, -0.25) is 4.79 Å². The van der Waals surface area contributed by atoms with Gasteiger partial charge >= 0.3 is 6.09 Å². The second-order valence-corrected chi connectivity index (χ2v) is 8.46. The number of benzene rings is 2. The molecule has 6 nitrogen and oxygen atoms in total. The summed E-state index contributed by atoms with van der Waals surface area (Å²) in [6.45, 7) is 6.78. The van der Waals surface area contributed by atoms with Crippen LogP contribution in [-0.4, -0.2) is 32.9 Å². The van der Waals surface area contributed by atoms with Crippen molar-refractivity contribution in [2.75, 3.05) is 6.54 Å². The highest BCUT2D eigenvalue weighted by molar-refractivity contribution is 5.93. The molecule has 0 spiro atoms. The number of hydrogen-bond donors (Lipinski definition) is 0. The molecule has 0 unspecified atom stereocenters. The second-order valence-electron chi connectivity index (χ2n) is 8.46. The third-order valence-electron chi connectivity index (χ3n) is 5.10. The third kappa shape index (κ3) is 3.75. The molecule has 1 aromatic heterocycles. The average Bonchev–Trinajstić information content (AvgIpc) is 2.68. The summed E-state index contributed by atoms with van der Waals surface area (Å²) in [5.74, 6) is 0. The molecule has 29 heavy (non-hydrogen) atoms. The molecule has 0 N–H and O–H groups in total. The minimum atomic E-state index is -0.503. The SMILES string of the molecule is Cn1nc(-c2ccc3c(c2)CCN(C(=O)OC(C)(C)C)C3)c2ccccc2c1=O. The zero-order valence-corrected chi connectivity index (χ0v) is 17.2. The van der Waals surface area contributed by atoms with E-state index in [0.717, 1.165) is 28.6 Å². The Labute approximate surface area is 169 Å². The number of nitrogens with zero attached hydrogens (tertiary/aromatic N) is 3. The minimum Gasteiger partial charge on any atom is -0.444 e. The van der Waals surface area contributed by atoms with Crippen molar-refractivity contribution in [3.05, 3.63) is 63.9 Å². The van der Waals surface area contributed by atoms with E-state index in [9.17, 15) is 9.59 Å². The van der Waals surface area contributed by atoms with Gasteiger partial charge in [0.2, 0.25) is 0 Å². The number of aryl methyl sites for hydroxylation is 1. The lowest BCUT2D eigenvalue weighted by Gasteiger charge is -2.31. The summed E-state index contributed by atoms with van der Waals surface area (Å²) in [6.07, 6.45) is 0.476. The van der Waals surface area contributed by atoms with Gasteiger partial charge in [0.15, 0.2) is 0 Å². The Morgan fingerprint density at radius 3 is 2.52 bits per heavy atom. The highest BCUT2D eigenvalue weighted by Gasteiger charge is 2.26. The van der Waals surface area contributed by atoms with Gasteiger partial charge in [-0.25, -0.2) is 9.48 Å². The van der Waals surface area contributed by atoms with Crippen molar-refractivity contribution in [2.45, 2.75) is 39.3 Å². The van der Waals surface area contributed by atoms with E-state index in [2.05, 4.69) is 11.2 Å². The maximum Gasteiger partial charge on any atom is 0.410 e. The molecule has 2 aromatic carbocycles. The molecule has 0 saturated carbocycles. The van der Waals surface area contributed by atoms with Crippen molar-refractivity contribution in [1.82, 2.24) is 14.7 Å². The van der Waals surface area contributed by atoms with Crippen LogP contribution in [0, 0.1) is 0 Å². The molecule has 0 aliphatic carbocycles. The van der Waals surface area contributed by atoms with Crippen LogP contribution in [0.5, 0.6) is 0 Å². The lowest BCUT2D eigenvalue weighted by Crippen LogP contribution is -2.39. The molecule has 0 bridgehead atoms. The van der Waals surface area contributed by atoms with Gasteiger partial charge in [0.05, 0.1) is 11.1 Å². The Hall–Kier alpha value is -3.15. The van der Waals surface area contributed by atoms with Crippen molar-refractivity contribution in [3.63, 3.8) is 0 Å². The van der Waals surface area contributed by atoms with Gasteiger partial charge in [-0.15, -0.1) is 0 Å². The van der Waals surface area contributed by atoms with Gasteiger partial charge in [0.1, 0.15) is 5.60 Å². The van der Waals surface area contributed by atoms with E-state index in [0.29, 0.717) is 18.5 Å². The number of fused-ring (bicyclic) bond motifs is 2.